The Kier molecular flexibility index (Phi) is 13.4. The summed E-state index contributed by atoms with van der Waals surface area (Å²) in [6.07, 6.45) is -17.5. The van der Waals surface area contributed by atoms with Crippen molar-refractivity contribution in [3.63, 3.8) is 0 Å². The van der Waals surface area contributed by atoms with Crippen LogP contribution >= 0.6 is 35.9 Å². The van der Waals surface area contributed by atoms with E-state index in [-0.39, 0.29) is 0 Å². The summed E-state index contributed by atoms with van der Waals surface area (Å²) >= 11 is 4.83. The molecule has 0 saturated carbocycles. The Hall–Kier alpha value is 0.705. The molecule has 0 saturated heterocycles. The molecule has 0 fully saturated rings. The fraction of sp³-hybridized carbons (Fsp3) is 1.00. The Bertz CT molecular complexity index is 385. The van der Waals surface area contributed by atoms with Crippen molar-refractivity contribution in [2.24, 2.45) is 0 Å². The second-order valence-corrected chi connectivity index (χ2v) is 6.39. The number of halogens is 1. The molecule has 0 aromatic carbocycles. The topological polar surface area (TPSA) is 190 Å². The highest BCUT2D eigenvalue weighted by atomic mass is 127. The highest BCUT2D eigenvalue weighted by Crippen LogP contribution is 2.22. The van der Waals surface area contributed by atoms with Crippen LogP contribution in [0, 0.1) is 0 Å². The highest BCUT2D eigenvalue weighted by Gasteiger charge is 2.44. The van der Waals surface area contributed by atoms with Gasteiger partial charge in [0, 0.05) is 0 Å². The summed E-state index contributed by atoms with van der Waals surface area (Å²) in [5, 5.41) is 78.3. The van der Waals surface area contributed by atoms with E-state index in [0.717, 1.165) is 0 Å². The van der Waals surface area contributed by atoms with Crippen molar-refractivity contribution in [2.45, 2.75) is 68.0 Å². The first-order valence-electron chi connectivity index (χ1n) is 7.39. The fourth-order valence-electron chi connectivity index (χ4n) is 2.22. The third kappa shape index (κ3) is 6.95. The van der Waals surface area contributed by atoms with Crippen LogP contribution in [0.2, 0.25) is 0 Å². The molecule has 0 aliphatic rings. The molecule has 11 nitrogen and oxygen atoms in total. The van der Waals surface area contributed by atoms with Gasteiger partial charge in [0.25, 0.3) is 8.05 Å². The smallest absolute Gasteiger partial charge is 0.283 e. The van der Waals surface area contributed by atoms with Crippen LogP contribution < -0.4 is 0 Å². The maximum absolute atomic E-state index is 10.2. The molecule has 9 unspecified atom stereocenters. The van der Waals surface area contributed by atoms with Crippen LogP contribution in [-0.2, 0) is 11.9 Å². The van der Waals surface area contributed by atoms with Crippen LogP contribution in [0.3, 0.4) is 0 Å². The van der Waals surface area contributed by atoms with Crippen molar-refractivity contribution < 1.29 is 52.8 Å². The molecule has 0 heterocycles. The third-order valence-corrected chi connectivity index (χ3v) is 4.65. The third-order valence-electron chi connectivity index (χ3n) is 3.82. The number of hydrogen-bond acceptors (Lipinski definition) is 12. The zero-order valence-electron chi connectivity index (χ0n) is 13.7. The maximum Gasteiger partial charge on any atom is 0.283 e. The Morgan fingerprint density at radius 2 is 1.27 bits per heavy atom. The second kappa shape index (κ2) is 13.0. The minimum absolute atomic E-state index is 0.856. The van der Waals surface area contributed by atoms with Gasteiger partial charge < -0.3 is 52.8 Å². The van der Waals surface area contributed by atoms with E-state index in [1.807, 2.05) is 0 Å². The summed E-state index contributed by atoms with van der Waals surface area (Å²) in [7, 11) is 4.91. The summed E-state index contributed by atoms with van der Waals surface area (Å²) in [5.74, 6) is 0. The molecule has 0 spiro atoms. The van der Waals surface area contributed by atoms with E-state index < -0.39 is 67.6 Å². The monoisotopic (exact) mass is 514 g/mol. The van der Waals surface area contributed by atoms with Gasteiger partial charge in [-0.05, 0) is 19.8 Å². The van der Waals surface area contributed by atoms with Gasteiger partial charge in [-0.3, -0.25) is 0 Å². The van der Waals surface area contributed by atoms with Gasteiger partial charge >= 0.3 is 0 Å². The van der Waals surface area contributed by atoms with Crippen LogP contribution in [0.1, 0.15) is 6.92 Å². The van der Waals surface area contributed by atoms with Crippen LogP contribution in [-0.4, -0.2) is 117 Å². The first-order valence-corrected chi connectivity index (χ1v) is 8.63. The Labute approximate surface area is 171 Å². The highest BCUT2D eigenvalue weighted by molar-refractivity contribution is 14.1. The Morgan fingerprint density at radius 3 is 1.62 bits per heavy atom. The van der Waals surface area contributed by atoms with Gasteiger partial charge in [-0.2, -0.15) is 0 Å². The predicted molar refractivity (Wildman–Crippen MR) is 98.2 cm³/mol. The molecule has 0 aliphatic heterocycles. The molecule has 14 heteroatoms. The van der Waals surface area contributed by atoms with Gasteiger partial charge in [0.15, 0.2) is 0 Å². The normalized spacial score (nSPS) is 24.0. The fourth-order valence-corrected chi connectivity index (χ4v) is 3.20. The van der Waals surface area contributed by atoms with Gasteiger partial charge in [0.05, 0.1) is 18.8 Å². The first kappa shape index (κ1) is 26.7. The van der Waals surface area contributed by atoms with Crippen LogP contribution in [0.15, 0.2) is 0 Å². The molecule has 0 aromatic rings. The molecule has 0 rings (SSSR count). The zero-order valence-corrected chi connectivity index (χ0v) is 16.7. The van der Waals surface area contributed by atoms with Crippen molar-refractivity contribution in [3.05, 3.63) is 0 Å². The molecule has 0 aromatic heterocycles. The summed E-state index contributed by atoms with van der Waals surface area (Å²) in [4.78, 5) is 0. The number of thiol groups is 1. The zero-order chi connectivity index (χ0) is 20.6. The average molecular weight is 514 g/mol. The molecule has 8 N–H and O–H groups in total. The molecule has 0 aliphatic carbocycles. The van der Waals surface area contributed by atoms with Gasteiger partial charge in [-0.1, -0.05) is 0 Å². The minimum Gasteiger partial charge on any atom is -0.440 e. The van der Waals surface area contributed by atoms with Crippen molar-refractivity contribution >= 4 is 44.0 Å². The van der Waals surface area contributed by atoms with Gasteiger partial charge in [-0.25, -0.2) is 0 Å². The number of aliphatic hydroxyl groups excluding tert-OH is 8. The lowest BCUT2D eigenvalue weighted by atomic mass is 9.90. The van der Waals surface area contributed by atoms with Crippen LogP contribution in [0.5, 0.6) is 0 Å². The minimum atomic E-state index is -2.02. The molecular formula is C12H24BIO11S. The van der Waals surface area contributed by atoms with E-state index in [9.17, 15) is 35.7 Å². The molecule has 26 heavy (non-hydrogen) atoms. The van der Waals surface area contributed by atoms with Crippen molar-refractivity contribution in [1.82, 2.24) is 0 Å². The van der Waals surface area contributed by atoms with E-state index in [4.69, 9.17) is 16.2 Å². The quantitative estimate of drug-likeness (QED) is 0.0504. The van der Waals surface area contributed by atoms with Gasteiger partial charge in [0.2, 0.25) is 0 Å². The van der Waals surface area contributed by atoms with Gasteiger partial charge in [0.1, 0.15) is 71.8 Å². The number of aliphatic hydroxyl groups is 8. The van der Waals surface area contributed by atoms with E-state index in [1.165, 1.54) is 29.9 Å². The standard InChI is InChI=1S/C12H24BIO11S/c1-3(16)10(24-14)6(19)5(18)7(20)12(25-26)9(22)8(21)11(23-13)4(17)2-15/h3-12,15-22,26H,2H2,1H3/t3?,4?,5?,6?,7?,8?,9?,10?,11-,12?/m1/s1. The Balaban J connectivity index is 5.29. The Morgan fingerprint density at radius 1 is 0.846 bits per heavy atom. The van der Waals surface area contributed by atoms with Gasteiger partial charge in [-0.15, -0.1) is 0 Å². The average Bonchev–Trinajstić information content (AvgIpc) is 2.61. The molecule has 10 atom stereocenters. The molecule has 154 valence electrons. The predicted octanol–water partition coefficient (Wildman–Crippen LogP) is -4.04. The molecular weight excluding hydrogens is 490 g/mol. The molecule has 0 bridgehead atoms. The SMILES string of the molecule is [B]O[C@H](C(O)CO)C(O)C(O)C(OS)C(O)C(O)C(O)C(OI)C(C)O. The van der Waals surface area contributed by atoms with E-state index >= 15 is 0 Å². The summed E-state index contributed by atoms with van der Waals surface area (Å²) in [5.41, 5.74) is 0. The van der Waals surface area contributed by atoms with E-state index in [2.05, 4.69) is 21.7 Å². The number of hydrogen-bond donors (Lipinski definition) is 9. The number of rotatable bonds is 13. The first-order chi connectivity index (χ1) is 12.1. The van der Waals surface area contributed by atoms with E-state index in [1.54, 1.807) is 0 Å². The summed E-state index contributed by atoms with van der Waals surface area (Å²) in [6.45, 7) is 0.418. The van der Waals surface area contributed by atoms with Crippen LogP contribution in [0.4, 0.5) is 0 Å². The lowest BCUT2D eigenvalue weighted by molar-refractivity contribution is -0.174. The lowest BCUT2D eigenvalue weighted by Crippen LogP contribution is -2.58. The molecule has 2 radical (unpaired) electrons. The largest absolute Gasteiger partial charge is 0.440 e. The summed E-state index contributed by atoms with van der Waals surface area (Å²) < 4.78 is 13.7. The van der Waals surface area contributed by atoms with E-state index in [0.29, 0.717) is 0 Å². The maximum atomic E-state index is 10.2. The summed E-state index contributed by atoms with van der Waals surface area (Å²) in [6, 6.07) is 0. The van der Waals surface area contributed by atoms with Crippen LogP contribution in [0.25, 0.3) is 0 Å². The molecule has 0 amide bonds. The van der Waals surface area contributed by atoms with Crippen molar-refractivity contribution in [3.8, 4) is 0 Å². The lowest BCUT2D eigenvalue weighted by Gasteiger charge is -2.37. The second-order valence-electron chi connectivity index (χ2n) is 5.67. The van der Waals surface area contributed by atoms with Crippen molar-refractivity contribution in [2.75, 3.05) is 6.61 Å². The van der Waals surface area contributed by atoms with Crippen molar-refractivity contribution in [1.29, 1.82) is 0 Å².